The highest BCUT2D eigenvalue weighted by molar-refractivity contribution is 5.94. The standard InChI is InChI=1S/C18H21NO3/c1-22-16-10-5-9-15(13-16)18(21)19-17(11-6-12-20)14-7-3-2-4-8-14/h2-5,7-10,13,17,20H,6,11-12H2,1H3,(H,19,21). The van der Waals surface area contributed by atoms with Crippen LogP contribution in [0.4, 0.5) is 0 Å². The summed E-state index contributed by atoms with van der Waals surface area (Å²) in [4.78, 5) is 12.4. The minimum Gasteiger partial charge on any atom is -0.497 e. The smallest absolute Gasteiger partial charge is 0.251 e. The molecular weight excluding hydrogens is 278 g/mol. The highest BCUT2D eigenvalue weighted by Crippen LogP contribution is 2.20. The van der Waals surface area contributed by atoms with Crippen molar-refractivity contribution in [3.05, 3.63) is 65.7 Å². The molecule has 0 heterocycles. The summed E-state index contributed by atoms with van der Waals surface area (Å²) in [6.07, 6.45) is 1.33. The van der Waals surface area contributed by atoms with Gasteiger partial charge in [-0.05, 0) is 36.6 Å². The molecule has 2 aromatic rings. The van der Waals surface area contributed by atoms with Gasteiger partial charge in [0, 0.05) is 12.2 Å². The Morgan fingerprint density at radius 2 is 1.95 bits per heavy atom. The topological polar surface area (TPSA) is 58.6 Å². The molecule has 1 amide bonds. The molecule has 0 saturated carbocycles. The zero-order chi connectivity index (χ0) is 15.8. The predicted molar refractivity (Wildman–Crippen MR) is 86.0 cm³/mol. The maximum atomic E-state index is 12.4. The zero-order valence-corrected chi connectivity index (χ0v) is 12.7. The number of hydrogen-bond donors (Lipinski definition) is 2. The maximum Gasteiger partial charge on any atom is 0.251 e. The van der Waals surface area contributed by atoms with Crippen LogP contribution in [-0.2, 0) is 0 Å². The van der Waals surface area contributed by atoms with E-state index in [0.29, 0.717) is 24.2 Å². The highest BCUT2D eigenvalue weighted by Gasteiger charge is 2.15. The second-order valence-electron chi connectivity index (χ2n) is 5.03. The van der Waals surface area contributed by atoms with E-state index in [1.54, 1.807) is 31.4 Å². The van der Waals surface area contributed by atoms with Crippen molar-refractivity contribution in [1.82, 2.24) is 5.32 Å². The molecule has 22 heavy (non-hydrogen) atoms. The zero-order valence-electron chi connectivity index (χ0n) is 12.7. The minimum absolute atomic E-state index is 0.109. The van der Waals surface area contributed by atoms with E-state index in [-0.39, 0.29) is 18.6 Å². The highest BCUT2D eigenvalue weighted by atomic mass is 16.5. The normalized spacial score (nSPS) is 11.7. The molecule has 1 unspecified atom stereocenters. The lowest BCUT2D eigenvalue weighted by molar-refractivity contribution is 0.0932. The fraction of sp³-hybridized carbons (Fsp3) is 0.278. The minimum atomic E-state index is -0.148. The summed E-state index contributed by atoms with van der Waals surface area (Å²) < 4.78 is 5.15. The number of methoxy groups -OCH3 is 1. The number of amides is 1. The van der Waals surface area contributed by atoms with Crippen LogP contribution in [0.5, 0.6) is 5.75 Å². The number of carbonyl (C=O) groups excluding carboxylic acids is 1. The van der Waals surface area contributed by atoms with Gasteiger partial charge < -0.3 is 15.2 Å². The average molecular weight is 299 g/mol. The Hall–Kier alpha value is -2.33. The Morgan fingerprint density at radius 3 is 2.64 bits per heavy atom. The number of rotatable bonds is 7. The summed E-state index contributed by atoms with van der Waals surface area (Å²) in [6.45, 7) is 0.109. The van der Waals surface area contributed by atoms with E-state index in [4.69, 9.17) is 9.84 Å². The number of carbonyl (C=O) groups is 1. The third-order valence-electron chi connectivity index (χ3n) is 3.49. The second-order valence-corrected chi connectivity index (χ2v) is 5.03. The first-order valence-electron chi connectivity index (χ1n) is 7.35. The van der Waals surface area contributed by atoms with Crippen LogP contribution in [-0.4, -0.2) is 24.7 Å². The van der Waals surface area contributed by atoms with Crippen molar-refractivity contribution in [2.24, 2.45) is 0 Å². The maximum absolute atomic E-state index is 12.4. The lowest BCUT2D eigenvalue weighted by Crippen LogP contribution is -2.28. The van der Waals surface area contributed by atoms with Crippen LogP contribution < -0.4 is 10.1 Å². The molecular formula is C18H21NO3. The first-order valence-corrected chi connectivity index (χ1v) is 7.35. The van der Waals surface area contributed by atoms with E-state index >= 15 is 0 Å². The average Bonchev–Trinajstić information content (AvgIpc) is 2.59. The quantitative estimate of drug-likeness (QED) is 0.826. The number of benzene rings is 2. The fourth-order valence-corrected chi connectivity index (χ4v) is 2.31. The van der Waals surface area contributed by atoms with E-state index in [0.717, 1.165) is 5.56 Å². The molecule has 0 radical (unpaired) electrons. The summed E-state index contributed by atoms with van der Waals surface area (Å²) >= 11 is 0. The summed E-state index contributed by atoms with van der Waals surface area (Å²) in [6, 6.07) is 16.7. The lowest BCUT2D eigenvalue weighted by Gasteiger charge is -2.19. The second kappa shape index (κ2) is 8.20. The van der Waals surface area contributed by atoms with Gasteiger partial charge in [-0.3, -0.25) is 4.79 Å². The van der Waals surface area contributed by atoms with Gasteiger partial charge in [0.1, 0.15) is 5.75 Å². The molecule has 0 aliphatic rings. The van der Waals surface area contributed by atoms with Gasteiger partial charge in [-0.15, -0.1) is 0 Å². The van der Waals surface area contributed by atoms with Crippen molar-refractivity contribution >= 4 is 5.91 Å². The third kappa shape index (κ3) is 4.33. The van der Waals surface area contributed by atoms with E-state index in [2.05, 4.69) is 5.32 Å². The van der Waals surface area contributed by atoms with E-state index in [1.807, 2.05) is 30.3 Å². The number of hydrogen-bond acceptors (Lipinski definition) is 3. The van der Waals surface area contributed by atoms with Gasteiger partial charge in [-0.1, -0.05) is 36.4 Å². The molecule has 2 rings (SSSR count). The van der Waals surface area contributed by atoms with Crippen LogP contribution in [0.15, 0.2) is 54.6 Å². The van der Waals surface area contributed by atoms with Gasteiger partial charge in [0.05, 0.1) is 13.2 Å². The molecule has 2 aromatic carbocycles. The molecule has 0 aliphatic carbocycles. The van der Waals surface area contributed by atoms with Crippen LogP contribution in [0, 0.1) is 0 Å². The van der Waals surface area contributed by atoms with Crippen LogP contribution in [0.3, 0.4) is 0 Å². The fourth-order valence-electron chi connectivity index (χ4n) is 2.31. The number of aliphatic hydroxyl groups is 1. The van der Waals surface area contributed by atoms with Crippen LogP contribution in [0.1, 0.15) is 34.8 Å². The molecule has 0 bridgehead atoms. The van der Waals surface area contributed by atoms with Crippen molar-refractivity contribution in [2.45, 2.75) is 18.9 Å². The Labute approximate surface area is 130 Å². The van der Waals surface area contributed by atoms with Crippen LogP contribution in [0.2, 0.25) is 0 Å². The SMILES string of the molecule is COc1cccc(C(=O)NC(CCCO)c2ccccc2)c1. The first-order chi connectivity index (χ1) is 10.7. The summed E-state index contributed by atoms with van der Waals surface area (Å²) in [5.41, 5.74) is 1.59. The molecule has 0 spiro atoms. The molecule has 116 valence electrons. The van der Waals surface area contributed by atoms with E-state index < -0.39 is 0 Å². The van der Waals surface area contributed by atoms with Gasteiger partial charge in [0.25, 0.3) is 5.91 Å². The van der Waals surface area contributed by atoms with Gasteiger partial charge in [-0.25, -0.2) is 0 Å². The Kier molecular flexibility index (Phi) is 5.98. The van der Waals surface area contributed by atoms with Crippen molar-refractivity contribution in [3.63, 3.8) is 0 Å². The summed E-state index contributed by atoms with van der Waals surface area (Å²) in [5.74, 6) is 0.505. The van der Waals surface area contributed by atoms with E-state index in [9.17, 15) is 4.79 Å². The summed E-state index contributed by atoms with van der Waals surface area (Å²) in [5, 5.41) is 12.1. The third-order valence-corrected chi connectivity index (χ3v) is 3.49. The van der Waals surface area contributed by atoms with Gasteiger partial charge in [-0.2, -0.15) is 0 Å². The lowest BCUT2D eigenvalue weighted by atomic mass is 10.0. The Morgan fingerprint density at radius 1 is 1.18 bits per heavy atom. The number of ether oxygens (including phenoxy) is 1. The molecule has 0 fully saturated rings. The Bertz CT molecular complexity index is 598. The molecule has 0 saturated heterocycles. The van der Waals surface area contributed by atoms with Gasteiger partial charge >= 0.3 is 0 Å². The van der Waals surface area contributed by atoms with E-state index in [1.165, 1.54) is 0 Å². The van der Waals surface area contributed by atoms with Crippen LogP contribution >= 0.6 is 0 Å². The number of aliphatic hydroxyl groups excluding tert-OH is 1. The van der Waals surface area contributed by atoms with Crippen LogP contribution in [0.25, 0.3) is 0 Å². The van der Waals surface area contributed by atoms with Gasteiger partial charge in [0.15, 0.2) is 0 Å². The molecule has 0 aliphatic heterocycles. The summed E-state index contributed by atoms with van der Waals surface area (Å²) in [7, 11) is 1.57. The van der Waals surface area contributed by atoms with Crippen molar-refractivity contribution in [1.29, 1.82) is 0 Å². The molecule has 4 nitrogen and oxygen atoms in total. The monoisotopic (exact) mass is 299 g/mol. The van der Waals surface area contributed by atoms with Crippen molar-refractivity contribution in [3.8, 4) is 5.75 Å². The number of nitrogens with one attached hydrogen (secondary N) is 1. The molecule has 4 heteroatoms. The Balaban J connectivity index is 2.13. The predicted octanol–water partition coefficient (Wildman–Crippen LogP) is 2.94. The molecule has 2 N–H and O–H groups in total. The molecule has 1 atom stereocenters. The van der Waals surface area contributed by atoms with Crippen molar-refractivity contribution < 1.29 is 14.6 Å². The van der Waals surface area contributed by atoms with Gasteiger partial charge in [0.2, 0.25) is 0 Å². The molecule has 0 aromatic heterocycles. The largest absolute Gasteiger partial charge is 0.497 e. The first kappa shape index (κ1) is 16.0. The van der Waals surface area contributed by atoms with Crippen molar-refractivity contribution in [2.75, 3.05) is 13.7 Å².